The number of nitrogens with one attached hydrogen (secondary N) is 1. The number of nitrogens with zero attached hydrogens (tertiary/aromatic N) is 1. The summed E-state index contributed by atoms with van der Waals surface area (Å²) in [7, 11) is -3.65. The molecule has 0 saturated carbocycles. The SMILES string of the molecule is CCC(NS(=O)(=O)c1ccc(CN)c(Cl)c1)c1nccs1. The van der Waals surface area contributed by atoms with E-state index < -0.39 is 10.0 Å². The summed E-state index contributed by atoms with van der Waals surface area (Å²) in [5.41, 5.74) is 6.23. The van der Waals surface area contributed by atoms with Crippen LogP contribution in [-0.4, -0.2) is 13.4 Å². The lowest BCUT2D eigenvalue weighted by atomic mass is 10.2. The topological polar surface area (TPSA) is 85.1 Å². The van der Waals surface area contributed by atoms with Crippen molar-refractivity contribution in [2.75, 3.05) is 0 Å². The molecule has 0 bridgehead atoms. The first-order valence-corrected chi connectivity index (χ1v) is 9.12. The van der Waals surface area contributed by atoms with Crippen molar-refractivity contribution in [1.29, 1.82) is 0 Å². The largest absolute Gasteiger partial charge is 0.326 e. The van der Waals surface area contributed by atoms with E-state index in [0.29, 0.717) is 17.0 Å². The molecule has 0 aliphatic carbocycles. The number of benzene rings is 1. The monoisotopic (exact) mass is 345 g/mol. The lowest BCUT2D eigenvalue weighted by Crippen LogP contribution is -2.28. The molecular weight excluding hydrogens is 330 g/mol. The molecular formula is C13H16ClN3O2S2. The van der Waals surface area contributed by atoms with E-state index in [1.54, 1.807) is 12.3 Å². The van der Waals surface area contributed by atoms with Crippen LogP contribution < -0.4 is 10.5 Å². The number of rotatable bonds is 6. The van der Waals surface area contributed by atoms with Gasteiger partial charge in [0.1, 0.15) is 5.01 Å². The van der Waals surface area contributed by atoms with Crippen molar-refractivity contribution in [3.05, 3.63) is 45.4 Å². The number of hydrogen-bond donors (Lipinski definition) is 2. The summed E-state index contributed by atoms with van der Waals surface area (Å²) in [5, 5.41) is 2.91. The van der Waals surface area contributed by atoms with Crippen LogP contribution in [0.3, 0.4) is 0 Å². The molecule has 0 aliphatic rings. The molecule has 0 spiro atoms. The molecule has 0 saturated heterocycles. The smallest absolute Gasteiger partial charge is 0.241 e. The quantitative estimate of drug-likeness (QED) is 0.842. The Labute approximate surface area is 133 Å². The molecule has 8 heteroatoms. The molecule has 1 aromatic carbocycles. The van der Waals surface area contributed by atoms with Crippen molar-refractivity contribution < 1.29 is 8.42 Å². The second-order valence-corrected chi connectivity index (χ2v) is 7.46. The predicted octanol–water partition coefficient (Wildman–Crippen LogP) is 2.68. The minimum Gasteiger partial charge on any atom is -0.326 e. The van der Waals surface area contributed by atoms with Crippen LogP contribution in [-0.2, 0) is 16.6 Å². The summed E-state index contributed by atoms with van der Waals surface area (Å²) in [6.45, 7) is 2.17. The van der Waals surface area contributed by atoms with Crippen LogP contribution in [0.25, 0.3) is 0 Å². The van der Waals surface area contributed by atoms with E-state index in [1.807, 2.05) is 12.3 Å². The van der Waals surface area contributed by atoms with Crippen LogP contribution in [0.4, 0.5) is 0 Å². The Hall–Kier alpha value is -0.990. The molecule has 0 aliphatic heterocycles. The van der Waals surface area contributed by atoms with Crippen molar-refractivity contribution in [2.24, 2.45) is 5.73 Å². The van der Waals surface area contributed by atoms with Gasteiger partial charge in [-0.25, -0.2) is 18.1 Å². The lowest BCUT2D eigenvalue weighted by molar-refractivity contribution is 0.549. The van der Waals surface area contributed by atoms with Crippen LogP contribution in [0.5, 0.6) is 0 Å². The Bertz CT molecular complexity index is 702. The molecule has 1 aromatic heterocycles. The third kappa shape index (κ3) is 3.81. The van der Waals surface area contributed by atoms with E-state index in [2.05, 4.69) is 9.71 Å². The third-order valence-electron chi connectivity index (χ3n) is 3.01. The highest BCUT2D eigenvalue weighted by Crippen LogP contribution is 2.24. The molecule has 1 unspecified atom stereocenters. The first kappa shape index (κ1) is 16.4. The fraction of sp³-hybridized carbons (Fsp3) is 0.308. The number of aromatic nitrogens is 1. The van der Waals surface area contributed by atoms with Gasteiger partial charge in [0.05, 0.1) is 10.9 Å². The second-order valence-electron chi connectivity index (χ2n) is 4.41. The van der Waals surface area contributed by atoms with Gasteiger partial charge in [-0.3, -0.25) is 0 Å². The fourth-order valence-corrected chi connectivity index (χ4v) is 4.31. The first-order chi connectivity index (χ1) is 9.97. The van der Waals surface area contributed by atoms with Crippen molar-refractivity contribution >= 4 is 33.0 Å². The average Bonchev–Trinajstić information content (AvgIpc) is 2.98. The van der Waals surface area contributed by atoms with Gasteiger partial charge in [0.15, 0.2) is 0 Å². The Kier molecular flexibility index (Phi) is 5.34. The molecule has 1 atom stereocenters. The van der Waals surface area contributed by atoms with Crippen molar-refractivity contribution in [2.45, 2.75) is 30.8 Å². The number of halogens is 1. The molecule has 114 valence electrons. The predicted molar refractivity (Wildman–Crippen MR) is 84.8 cm³/mol. The summed E-state index contributed by atoms with van der Waals surface area (Å²) in [5.74, 6) is 0. The van der Waals surface area contributed by atoms with Crippen LogP contribution >= 0.6 is 22.9 Å². The standard InChI is InChI=1S/C13H16ClN3O2S2/c1-2-12(13-16-5-6-20-13)17-21(18,19)10-4-3-9(8-15)11(14)7-10/h3-7,12,17H,2,8,15H2,1H3. The van der Waals surface area contributed by atoms with E-state index in [4.69, 9.17) is 17.3 Å². The van der Waals surface area contributed by atoms with Crippen LogP contribution in [0.1, 0.15) is 30.0 Å². The Morgan fingerprint density at radius 2 is 2.24 bits per heavy atom. The minimum atomic E-state index is -3.65. The minimum absolute atomic E-state index is 0.125. The van der Waals surface area contributed by atoms with Gasteiger partial charge in [-0.2, -0.15) is 0 Å². The lowest BCUT2D eigenvalue weighted by Gasteiger charge is -2.15. The molecule has 2 rings (SSSR count). The maximum Gasteiger partial charge on any atom is 0.241 e. The third-order valence-corrected chi connectivity index (χ3v) is 5.72. The van der Waals surface area contributed by atoms with E-state index in [1.165, 1.54) is 23.5 Å². The van der Waals surface area contributed by atoms with Gasteiger partial charge in [0, 0.05) is 23.1 Å². The van der Waals surface area contributed by atoms with Gasteiger partial charge < -0.3 is 5.73 Å². The average molecular weight is 346 g/mol. The molecule has 3 N–H and O–H groups in total. The van der Waals surface area contributed by atoms with Gasteiger partial charge in [-0.1, -0.05) is 24.6 Å². The molecule has 0 amide bonds. The Balaban J connectivity index is 2.27. The highest BCUT2D eigenvalue weighted by atomic mass is 35.5. The van der Waals surface area contributed by atoms with Gasteiger partial charge >= 0.3 is 0 Å². The number of nitrogens with two attached hydrogens (primary N) is 1. The van der Waals surface area contributed by atoms with Gasteiger partial charge in [0.2, 0.25) is 10.0 Å². The number of hydrogen-bond acceptors (Lipinski definition) is 5. The van der Waals surface area contributed by atoms with E-state index >= 15 is 0 Å². The zero-order valence-corrected chi connectivity index (χ0v) is 13.8. The van der Waals surface area contributed by atoms with Crippen LogP contribution in [0, 0.1) is 0 Å². The summed E-state index contributed by atoms with van der Waals surface area (Å²) < 4.78 is 27.5. The molecule has 0 fully saturated rings. The Morgan fingerprint density at radius 1 is 1.48 bits per heavy atom. The van der Waals surface area contributed by atoms with Crippen LogP contribution in [0.2, 0.25) is 5.02 Å². The summed E-state index contributed by atoms with van der Waals surface area (Å²) in [6, 6.07) is 4.20. The highest BCUT2D eigenvalue weighted by molar-refractivity contribution is 7.89. The number of thiazole rings is 1. The first-order valence-electron chi connectivity index (χ1n) is 6.38. The van der Waals surface area contributed by atoms with Crippen molar-refractivity contribution in [1.82, 2.24) is 9.71 Å². The summed E-state index contributed by atoms with van der Waals surface area (Å²) in [4.78, 5) is 4.28. The summed E-state index contributed by atoms with van der Waals surface area (Å²) >= 11 is 7.44. The summed E-state index contributed by atoms with van der Waals surface area (Å²) in [6.07, 6.45) is 2.27. The molecule has 0 radical (unpaired) electrons. The van der Waals surface area contributed by atoms with E-state index in [0.717, 1.165) is 5.01 Å². The maximum atomic E-state index is 12.4. The molecule has 5 nitrogen and oxygen atoms in total. The normalized spacial score (nSPS) is 13.3. The zero-order valence-electron chi connectivity index (χ0n) is 11.4. The van der Waals surface area contributed by atoms with E-state index in [9.17, 15) is 8.42 Å². The number of sulfonamides is 1. The highest BCUT2D eigenvalue weighted by Gasteiger charge is 2.22. The van der Waals surface area contributed by atoms with Gasteiger partial charge in [-0.15, -0.1) is 11.3 Å². The van der Waals surface area contributed by atoms with Gasteiger partial charge in [-0.05, 0) is 24.1 Å². The Morgan fingerprint density at radius 3 is 2.76 bits per heavy atom. The van der Waals surface area contributed by atoms with Crippen molar-refractivity contribution in [3.8, 4) is 0 Å². The van der Waals surface area contributed by atoms with Crippen molar-refractivity contribution in [3.63, 3.8) is 0 Å². The molecule has 2 aromatic rings. The van der Waals surface area contributed by atoms with Crippen LogP contribution in [0.15, 0.2) is 34.7 Å². The molecule has 21 heavy (non-hydrogen) atoms. The van der Waals surface area contributed by atoms with Gasteiger partial charge in [0.25, 0.3) is 0 Å². The maximum absolute atomic E-state index is 12.4. The van der Waals surface area contributed by atoms with E-state index in [-0.39, 0.29) is 17.5 Å². The fourth-order valence-electron chi connectivity index (χ4n) is 1.83. The zero-order chi connectivity index (χ0) is 15.5. The molecule has 1 heterocycles. The second kappa shape index (κ2) is 6.85.